The number of nitrogens with zero attached hydrogens (tertiary/aromatic N) is 2. The summed E-state index contributed by atoms with van der Waals surface area (Å²) in [5.74, 6) is 1.56. The van der Waals surface area contributed by atoms with E-state index < -0.39 is 0 Å². The van der Waals surface area contributed by atoms with Gasteiger partial charge in [0.05, 0.1) is 23.7 Å². The van der Waals surface area contributed by atoms with Crippen molar-refractivity contribution in [2.24, 2.45) is 0 Å². The fourth-order valence-corrected chi connectivity index (χ4v) is 3.00. The molecule has 2 heterocycles. The molecule has 0 fully saturated rings. The molecule has 6 heteroatoms. The topological polar surface area (TPSA) is 48.0 Å². The third-order valence-electron chi connectivity index (χ3n) is 3.05. The molecular weight excluding hydrogens is 308 g/mol. The molecule has 0 aliphatic heterocycles. The Bertz CT molecular complexity index is 828. The second-order valence-corrected chi connectivity index (χ2v) is 6.13. The molecule has 3 aromatic rings. The molecule has 0 spiro atoms. The zero-order chi connectivity index (χ0) is 14.8. The van der Waals surface area contributed by atoms with Gasteiger partial charge in [-0.05, 0) is 36.1 Å². The predicted octanol–water partition coefficient (Wildman–Crippen LogP) is 3.80. The van der Waals surface area contributed by atoms with E-state index in [-0.39, 0.29) is 5.56 Å². The Morgan fingerprint density at radius 1 is 1.38 bits per heavy atom. The monoisotopic (exact) mass is 320 g/mol. The van der Waals surface area contributed by atoms with Crippen LogP contribution in [0.3, 0.4) is 0 Å². The van der Waals surface area contributed by atoms with Crippen LogP contribution in [0.15, 0.2) is 51.0 Å². The first-order valence-corrected chi connectivity index (χ1v) is 7.90. The maximum absolute atomic E-state index is 12.7. The number of hydrogen-bond donors (Lipinski definition) is 0. The number of aromatic nitrogens is 2. The van der Waals surface area contributed by atoms with Gasteiger partial charge >= 0.3 is 0 Å². The minimum Gasteiger partial charge on any atom is -0.467 e. The molecular formula is C15H13ClN2O2S. The number of rotatable bonds is 4. The highest BCUT2D eigenvalue weighted by molar-refractivity contribution is 7.99. The van der Waals surface area contributed by atoms with E-state index in [2.05, 4.69) is 4.98 Å². The molecule has 0 N–H and O–H groups in total. The van der Waals surface area contributed by atoms with Crippen LogP contribution < -0.4 is 5.56 Å². The van der Waals surface area contributed by atoms with Crippen LogP contribution in [0, 0.1) is 0 Å². The van der Waals surface area contributed by atoms with Gasteiger partial charge in [0, 0.05) is 5.02 Å². The second kappa shape index (κ2) is 5.95. The molecule has 4 nitrogen and oxygen atoms in total. The summed E-state index contributed by atoms with van der Waals surface area (Å²) >= 11 is 7.51. The summed E-state index contributed by atoms with van der Waals surface area (Å²) in [6.07, 6.45) is 1.60. The minimum absolute atomic E-state index is 0.0796. The van der Waals surface area contributed by atoms with Crippen LogP contribution in [0.5, 0.6) is 0 Å². The van der Waals surface area contributed by atoms with E-state index in [1.807, 2.05) is 13.0 Å². The first kappa shape index (κ1) is 14.2. The van der Waals surface area contributed by atoms with Crippen molar-refractivity contribution in [3.63, 3.8) is 0 Å². The van der Waals surface area contributed by atoms with Crippen LogP contribution >= 0.6 is 23.4 Å². The van der Waals surface area contributed by atoms with Crippen LogP contribution in [-0.2, 0) is 6.54 Å². The number of benzene rings is 1. The van der Waals surface area contributed by atoms with E-state index in [1.165, 1.54) is 11.8 Å². The Morgan fingerprint density at radius 3 is 2.95 bits per heavy atom. The van der Waals surface area contributed by atoms with Crippen molar-refractivity contribution in [1.82, 2.24) is 9.55 Å². The quantitative estimate of drug-likeness (QED) is 0.542. The van der Waals surface area contributed by atoms with Crippen LogP contribution in [0.1, 0.15) is 12.7 Å². The lowest BCUT2D eigenvalue weighted by Gasteiger charge is -2.11. The fraction of sp³-hybridized carbons (Fsp3) is 0.200. The Morgan fingerprint density at radius 2 is 2.24 bits per heavy atom. The molecule has 2 aromatic heterocycles. The van der Waals surface area contributed by atoms with Crippen LogP contribution in [0.4, 0.5) is 0 Å². The first-order chi connectivity index (χ1) is 10.2. The highest BCUT2D eigenvalue weighted by atomic mass is 35.5. The van der Waals surface area contributed by atoms with Crippen molar-refractivity contribution in [1.29, 1.82) is 0 Å². The van der Waals surface area contributed by atoms with Gasteiger partial charge in [0.1, 0.15) is 5.76 Å². The number of halogens is 1. The number of hydrogen-bond acceptors (Lipinski definition) is 4. The molecule has 0 saturated carbocycles. The van der Waals surface area contributed by atoms with Gasteiger partial charge in [-0.25, -0.2) is 4.98 Å². The largest absolute Gasteiger partial charge is 0.467 e. The van der Waals surface area contributed by atoms with E-state index in [4.69, 9.17) is 16.0 Å². The van der Waals surface area contributed by atoms with E-state index in [9.17, 15) is 4.79 Å². The normalized spacial score (nSPS) is 11.1. The van der Waals surface area contributed by atoms with Gasteiger partial charge in [-0.3, -0.25) is 9.36 Å². The highest BCUT2D eigenvalue weighted by Crippen LogP contribution is 2.21. The summed E-state index contributed by atoms with van der Waals surface area (Å²) in [5, 5.41) is 1.81. The Kier molecular flexibility index (Phi) is 4.03. The Labute approximate surface area is 130 Å². The summed E-state index contributed by atoms with van der Waals surface area (Å²) in [6.45, 7) is 2.40. The van der Waals surface area contributed by atoms with Crippen molar-refractivity contribution in [3.05, 3.63) is 57.7 Å². The van der Waals surface area contributed by atoms with Crippen LogP contribution in [0.25, 0.3) is 10.9 Å². The molecule has 3 rings (SSSR count). The van der Waals surface area contributed by atoms with Crippen molar-refractivity contribution < 1.29 is 4.42 Å². The first-order valence-electron chi connectivity index (χ1n) is 6.54. The summed E-state index contributed by atoms with van der Waals surface area (Å²) < 4.78 is 6.98. The minimum atomic E-state index is -0.0796. The van der Waals surface area contributed by atoms with Gasteiger partial charge in [0.25, 0.3) is 5.56 Å². The van der Waals surface area contributed by atoms with Gasteiger partial charge in [-0.15, -0.1) is 0 Å². The molecule has 0 aliphatic carbocycles. The third kappa shape index (κ3) is 2.84. The maximum atomic E-state index is 12.7. The van der Waals surface area contributed by atoms with E-state index in [0.29, 0.717) is 27.6 Å². The van der Waals surface area contributed by atoms with Crippen molar-refractivity contribution >= 4 is 34.3 Å². The Balaban J connectivity index is 2.20. The molecule has 0 atom stereocenters. The van der Waals surface area contributed by atoms with E-state index in [0.717, 1.165) is 11.5 Å². The molecule has 0 radical (unpaired) electrons. The van der Waals surface area contributed by atoms with Crippen LogP contribution in [-0.4, -0.2) is 15.3 Å². The number of furan rings is 1. The Hall–Kier alpha value is -1.72. The summed E-state index contributed by atoms with van der Waals surface area (Å²) in [4.78, 5) is 17.3. The summed E-state index contributed by atoms with van der Waals surface area (Å²) in [5.41, 5.74) is 0.545. The zero-order valence-electron chi connectivity index (χ0n) is 11.4. The molecule has 0 saturated heterocycles. The lowest BCUT2D eigenvalue weighted by Crippen LogP contribution is -2.23. The van der Waals surface area contributed by atoms with Gasteiger partial charge in [-0.1, -0.05) is 30.3 Å². The molecule has 0 aliphatic rings. The standard InChI is InChI=1S/C15H13ClN2O2S/c1-2-21-15-17-13-8-10(16)5-6-12(13)14(19)18(15)9-11-4-3-7-20-11/h3-8H,2,9H2,1H3. The second-order valence-electron chi connectivity index (χ2n) is 4.46. The highest BCUT2D eigenvalue weighted by Gasteiger charge is 2.12. The molecule has 108 valence electrons. The maximum Gasteiger partial charge on any atom is 0.262 e. The van der Waals surface area contributed by atoms with Crippen molar-refractivity contribution in [2.45, 2.75) is 18.6 Å². The van der Waals surface area contributed by atoms with Gasteiger partial charge in [0.15, 0.2) is 5.16 Å². The SMILES string of the molecule is CCSc1nc2cc(Cl)ccc2c(=O)n1Cc1ccco1. The van der Waals surface area contributed by atoms with E-state index in [1.54, 1.807) is 35.1 Å². The predicted molar refractivity (Wildman–Crippen MR) is 85.2 cm³/mol. The molecule has 0 amide bonds. The average molecular weight is 321 g/mol. The van der Waals surface area contributed by atoms with Gasteiger partial charge in [-0.2, -0.15) is 0 Å². The van der Waals surface area contributed by atoms with Crippen LogP contribution in [0.2, 0.25) is 5.02 Å². The lowest BCUT2D eigenvalue weighted by molar-refractivity contribution is 0.476. The van der Waals surface area contributed by atoms with Crippen molar-refractivity contribution in [3.8, 4) is 0 Å². The number of thioether (sulfide) groups is 1. The smallest absolute Gasteiger partial charge is 0.262 e. The van der Waals surface area contributed by atoms with Gasteiger partial charge < -0.3 is 4.42 Å². The molecule has 21 heavy (non-hydrogen) atoms. The molecule has 1 aromatic carbocycles. The van der Waals surface area contributed by atoms with E-state index >= 15 is 0 Å². The summed E-state index contributed by atoms with van der Waals surface area (Å²) in [6, 6.07) is 8.79. The molecule has 0 unspecified atom stereocenters. The van der Waals surface area contributed by atoms with Crippen molar-refractivity contribution in [2.75, 3.05) is 5.75 Å². The zero-order valence-corrected chi connectivity index (χ0v) is 12.9. The lowest BCUT2D eigenvalue weighted by atomic mass is 10.2. The summed E-state index contributed by atoms with van der Waals surface area (Å²) in [7, 11) is 0. The van der Waals surface area contributed by atoms with Gasteiger partial charge in [0.2, 0.25) is 0 Å². The molecule has 0 bridgehead atoms. The number of fused-ring (bicyclic) bond motifs is 1. The average Bonchev–Trinajstić information content (AvgIpc) is 2.96. The fourth-order valence-electron chi connectivity index (χ4n) is 2.11. The third-order valence-corrected chi connectivity index (χ3v) is 4.14.